The minimum Gasteiger partial charge on any atom is -0.449 e. The van der Waals surface area contributed by atoms with Gasteiger partial charge in [-0.3, -0.25) is 4.98 Å². The van der Waals surface area contributed by atoms with Gasteiger partial charge >= 0.3 is 6.03 Å². The summed E-state index contributed by atoms with van der Waals surface area (Å²) >= 11 is 0. The number of nitrogens with zero attached hydrogens (tertiary/aromatic N) is 2. The molecule has 2 amide bonds. The van der Waals surface area contributed by atoms with Crippen LogP contribution in [0.5, 0.6) is 11.5 Å². The van der Waals surface area contributed by atoms with Crippen LogP contribution in [-0.4, -0.2) is 28.7 Å². The van der Waals surface area contributed by atoms with Crippen LogP contribution in [0.2, 0.25) is 0 Å². The summed E-state index contributed by atoms with van der Waals surface area (Å²) in [6.45, 7) is 4.11. The zero-order valence-electron chi connectivity index (χ0n) is 13.4. The van der Waals surface area contributed by atoms with Crippen molar-refractivity contribution in [3.8, 4) is 11.5 Å². The molecule has 0 saturated heterocycles. The summed E-state index contributed by atoms with van der Waals surface area (Å²) in [5.41, 5.74) is 1.49. The Morgan fingerprint density at radius 1 is 1.22 bits per heavy atom. The lowest BCUT2D eigenvalue weighted by atomic mass is 10.3. The third kappa shape index (κ3) is 3.53. The maximum Gasteiger partial charge on any atom is 0.321 e. The van der Waals surface area contributed by atoms with Gasteiger partial charge in [-0.15, -0.1) is 0 Å². The Labute approximate surface area is 135 Å². The molecule has 0 spiro atoms. The Morgan fingerprint density at radius 3 is 2.74 bits per heavy atom. The number of nitrogens with one attached hydrogen (secondary N) is 1. The number of aromatic nitrogens is 1. The summed E-state index contributed by atoms with van der Waals surface area (Å²) < 4.78 is 11.3. The van der Waals surface area contributed by atoms with Crippen molar-refractivity contribution in [2.45, 2.75) is 26.2 Å². The van der Waals surface area contributed by atoms with E-state index in [-0.39, 0.29) is 6.03 Å². The molecule has 0 fully saturated rings. The number of hydrogen-bond donors (Lipinski definition) is 1. The molecule has 6 nitrogen and oxygen atoms in total. The average molecular weight is 313 g/mol. The van der Waals surface area contributed by atoms with E-state index in [2.05, 4.69) is 10.3 Å². The van der Waals surface area contributed by atoms with Crippen LogP contribution in [0.1, 0.15) is 19.5 Å². The second-order valence-electron chi connectivity index (χ2n) is 5.87. The van der Waals surface area contributed by atoms with E-state index >= 15 is 0 Å². The second-order valence-corrected chi connectivity index (χ2v) is 5.87. The van der Waals surface area contributed by atoms with Crippen LogP contribution in [0.4, 0.5) is 10.5 Å². The van der Waals surface area contributed by atoms with Crippen LogP contribution in [0.3, 0.4) is 0 Å². The van der Waals surface area contributed by atoms with Gasteiger partial charge in [-0.05, 0) is 24.3 Å². The van der Waals surface area contributed by atoms with E-state index < -0.39 is 5.79 Å². The normalized spacial score (nSPS) is 14.4. The molecule has 1 aliphatic rings. The van der Waals surface area contributed by atoms with Crippen molar-refractivity contribution < 1.29 is 14.3 Å². The van der Waals surface area contributed by atoms with Crippen LogP contribution in [0.15, 0.2) is 42.6 Å². The molecule has 23 heavy (non-hydrogen) atoms. The number of fused-ring (bicyclic) bond motifs is 1. The standard InChI is InChI=1S/C17H19N3O3/c1-17(2)22-14-8-7-12(10-15(14)23-17)19-16(21)20(3)11-13-6-4-5-9-18-13/h4-10H,11H2,1-3H3,(H,19,21). The first-order valence-corrected chi connectivity index (χ1v) is 7.37. The van der Waals surface area contributed by atoms with Gasteiger partial charge < -0.3 is 19.7 Å². The fourth-order valence-electron chi connectivity index (χ4n) is 2.33. The number of carbonyl (C=O) groups excluding carboxylic acids is 1. The van der Waals surface area contributed by atoms with E-state index in [0.717, 1.165) is 5.69 Å². The zero-order valence-corrected chi connectivity index (χ0v) is 13.4. The highest BCUT2D eigenvalue weighted by atomic mass is 16.7. The number of carbonyl (C=O) groups is 1. The third-order valence-electron chi connectivity index (χ3n) is 3.38. The van der Waals surface area contributed by atoms with Crippen molar-refractivity contribution in [1.29, 1.82) is 0 Å². The number of ether oxygens (including phenoxy) is 2. The molecule has 2 aromatic rings. The first-order valence-electron chi connectivity index (χ1n) is 7.37. The lowest BCUT2D eigenvalue weighted by Gasteiger charge is -2.17. The van der Waals surface area contributed by atoms with Gasteiger partial charge in [0.1, 0.15) is 0 Å². The SMILES string of the molecule is CN(Cc1ccccn1)C(=O)Nc1ccc2c(c1)OC(C)(C)O2. The smallest absolute Gasteiger partial charge is 0.321 e. The highest BCUT2D eigenvalue weighted by Gasteiger charge is 2.31. The molecule has 1 aliphatic heterocycles. The fraction of sp³-hybridized carbons (Fsp3) is 0.294. The number of pyridine rings is 1. The molecule has 0 bridgehead atoms. The van der Waals surface area contributed by atoms with Gasteiger partial charge in [0.2, 0.25) is 5.79 Å². The second kappa shape index (κ2) is 5.79. The van der Waals surface area contributed by atoms with Gasteiger partial charge in [0, 0.05) is 38.8 Å². The van der Waals surface area contributed by atoms with Crippen molar-refractivity contribution in [2.75, 3.05) is 12.4 Å². The summed E-state index contributed by atoms with van der Waals surface area (Å²) in [4.78, 5) is 18.0. The predicted molar refractivity (Wildman–Crippen MR) is 86.5 cm³/mol. The maximum atomic E-state index is 12.3. The average Bonchev–Trinajstić information content (AvgIpc) is 2.81. The van der Waals surface area contributed by atoms with Gasteiger partial charge in [-0.25, -0.2) is 4.79 Å². The summed E-state index contributed by atoms with van der Waals surface area (Å²) in [7, 11) is 1.72. The highest BCUT2D eigenvalue weighted by molar-refractivity contribution is 5.89. The van der Waals surface area contributed by atoms with Crippen LogP contribution in [0.25, 0.3) is 0 Å². The van der Waals surface area contributed by atoms with Crippen molar-refractivity contribution >= 4 is 11.7 Å². The number of anilines is 1. The third-order valence-corrected chi connectivity index (χ3v) is 3.38. The van der Waals surface area contributed by atoms with Gasteiger partial charge in [0.15, 0.2) is 11.5 Å². The maximum absolute atomic E-state index is 12.3. The molecule has 0 radical (unpaired) electrons. The number of benzene rings is 1. The first-order chi connectivity index (χ1) is 10.9. The molecule has 1 N–H and O–H groups in total. The van der Waals surface area contributed by atoms with Crippen molar-refractivity contribution in [1.82, 2.24) is 9.88 Å². The lowest BCUT2D eigenvalue weighted by molar-refractivity contribution is -0.0431. The summed E-state index contributed by atoms with van der Waals surface area (Å²) in [6.07, 6.45) is 1.71. The van der Waals surface area contributed by atoms with Gasteiger partial charge in [-0.1, -0.05) is 6.07 Å². The van der Waals surface area contributed by atoms with Crippen molar-refractivity contribution in [2.24, 2.45) is 0 Å². The van der Waals surface area contributed by atoms with Crippen LogP contribution in [0, 0.1) is 0 Å². The van der Waals surface area contributed by atoms with Gasteiger partial charge in [0.25, 0.3) is 0 Å². The van der Waals surface area contributed by atoms with Crippen LogP contribution < -0.4 is 14.8 Å². The minimum atomic E-state index is -0.680. The summed E-state index contributed by atoms with van der Waals surface area (Å²) in [5.74, 6) is 0.621. The number of rotatable bonds is 3. The Balaban J connectivity index is 1.65. The molecular weight excluding hydrogens is 294 g/mol. The predicted octanol–water partition coefficient (Wildman–Crippen LogP) is 3.25. The minimum absolute atomic E-state index is 0.214. The van der Waals surface area contributed by atoms with E-state index in [4.69, 9.17) is 9.47 Å². The zero-order chi connectivity index (χ0) is 16.4. The molecule has 3 rings (SSSR count). The fourth-order valence-corrected chi connectivity index (χ4v) is 2.33. The van der Waals surface area contributed by atoms with Crippen LogP contribution in [-0.2, 0) is 6.54 Å². The molecule has 0 atom stereocenters. The Bertz CT molecular complexity index is 716. The van der Waals surface area contributed by atoms with Gasteiger partial charge in [-0.2, -0.15) is 0 Å². The first kappa shape index (κ1) is 15.1. The topological polar surface area (TPSA) is 63.7 Å². The van der Waals surface area contributed by atoms with E-state index in [0.29, 0.717) is 23.7 Å². The molecule has 6 heteroatoms. The molecule has 1 aromatic carbocycles. The van der Waals surface area contributed by atoms with E-state index in [1.165, 1.54) is 0 Å². The van der Waals surface area contributed by atoms with Crippen LogP contribution >= 0.6 is 0 Å². The molecule has 0 unspecified atom stereocenters. The summed E-state index contributed by atoms with van der Waals surface area (Å²) in [5, 5.41) is 2.84. The van der Waals surface area contributed by atoms with Crippen molar-refractivity contribution in [3.05, 3.63) is 48.3 Å². The van der Waals surface area contributed by atoms with E-state index in [9.17, 15) is 4.79 Å². The lowest BCUT2D eigenvalue weighted by Crippen LogP contribution is -2.31. The molecule has 1 aromatic heterocycles. The highest BCUT2D eigenvalue weighted by Crippen LogP contribution is 2.40. The Hall–Kier alpha value is -2.76. The van der Waals surface area contributed by atoms with E-state index in [1.807, 2.05) is 32.0 Å². The summed E-state index contributed by atoms with van der Waals surface area (Å²) in [6, 6.07) is 10.7. The molecular formula is C17H19N3O3. The largest absolute Gasteiger partial charge is 0.449 e. The molecule has 2 heterocycles. The number of urea groups is 1. The van der Waals surface area contributed by atoms with Gasteiger partial charge in [0.05, 0.1) is 12.2 Å². The number of hydrogen-bond acceptors (Lipinski definition) is 4. The number of amides is 2. The monoisotopic (exact) mass is 313 g/mol. The molecule has 120 valence electrons. The van der Waals surface area contributed by atoms with E-state index in [1.54, 1.807) is 36.3 Å². The molecule has 0 saturated carbocycles. The Kier molecular flexibility index (Phi) is 3.82. The molecule has 0 aliphatic carbocycles. The quantitative estimate of drug-likeness (QED) is 0.944. The van der Waals surface area contributed by atoms with Crippen molar-refractivity contribution in [3.63, 3.8) is 0 Å². The Morgan fingerprint density at radius 2 is 2.00 bits per heavy atom.